The summed E-state index contributed by atoms with van der Waals surface area (Å²) in [6, 6.07) is 16.0. The van der Waals surface area contributed by atoms with Crippen LogP contribution in [0.1, 0.15) is 11.1 Å². The predicted molar refractivity (Wildman–Crippen MR) is 67.4 cm³/mol. The van der Waals surface area contributed by atoms with Crippen molar-refractivity contribution in [2.24, 2.45) is 0 Å². The van der Waals surface area contributed by atoms with Gasteiger partial charge in [-0.1, -0.05) is 0 Å². The topological polar surface area (TPSA) is 23.5 Å². The molecule has 0 saturated carbocycles. The molecule has 0 aliphatic carbocycles. The summed E-state index contributed by atoms with van der Waals surface area (Å²) in [5.74, 6) is 0. The van der Waals surface area contributed by atoms with E-state index >= 15 is 0 Å². The molecule has 0 saturated heterocycles. The fourth-order valence-electron chi connectivity index (χ4n) is 1.46. The van der Waals surface area contributed by atoms with Crippen LogP contribution in [0.5, 0.6) is 0 Å². The van der Waals surface area contributed by atoms with Gasteiger partial charge in [-0.15, -0.1) is 11.1 Å². The van der Waals surface area contributed by atoms with Gasteiger partial charge in [-0.25, -0.2) is 12.1 Å². The molecule has 0 aliphatic heterocycles. The summed E-state index contributed by atoms with van der Waals surface area (Å²) in [7, 11) is 4.04. The van der Waals surface area contributed by atoms with Gasteiger partial charge in [0.15, 0.2) is 0 Å². The van der Waals surface area contributed by atoms with Crippen LogP contribution in [0.3, 0.4) is 0 Å². The Morgan fingerprint density at radius 2 is 1.71 bits per heavy atom. The minimum absolute atomic E-state index is 0. The fourth-order valence-corrected chi connectivity index (χ4v) is 1.46. The summed E-state index contributed by atoms with van der Waals surface area (Å²) in [4.78, 5) is 2.09. The Labute approximate surface area is 114 Å². The van der Waals surface area contributed by atoms with Crippen LogP contribution in [0.15, 0.2) is 48.5 Å². The Morgan fingerprint density at radius 3 is 2.12 bits per heavy atom. The van der Waals surface area contributed by atoms with E-state index in [0.717, 1.165) is 12.1 Å². The largest absolute Gasteiger partial charge is 0.748 e. The average molecular weight is 273 g/mol. The van der Waals surface area contributed by atoms with Crippen LogP contribution in [0.2, 0.25) is 0 Å². The second-order valence-electron chi connectivity index (χ2n) is 3.93. The number of aliphatic hydroxyl groups excluding tert-OH is 1. The molecule has 2 rings (SSSR count). The predicted octanol–water partition coefficient (Wildman–Crippen LogP) is 2.36. The van der Waals surface area contributed by atoms with Gasteiger partial charge in [-0.05, 0) is 20.6 Å². The van der Waals surface area contributed by atoms with Crippen LogP contribution >= 0.6 is 0 Å². The summed E-state index contributed by atoms with van der Waals surface area (Å²) in [5.41, 5.74) is 2.26. The Bertz CT molecular complexity index is 348. The van der Waals surface area contributed by atoms with Crippen LogP contribution in [0.4, 0.5) is 0 Å². The van der Waals surface area contributed by atoms with Gasteiger partial charge < -0.3 is 40.3 Å². The average Bonchev–Trinajstić information content (AvgIpc) is 2.89. The minimum Gasteiger partial charge on any atom is -0.748 e. The summed E-state index contributed by atoms with van der Waals surface area (Å²) >= 11 is 0. The molecule has 0 amide bonds. The molecule has 0 aliphatic rings. The number of hydrogen-bond donors (Lipinski definition) is 1. The summed E-state index contributed by atoms with van der Waals surface area (Å²) in [6.07, 6.45) is 0. The molecule has 17 heavy (non-hydrogen) atoms. The van der Waals surface area contributed by atoms with E-state index in [9.17, 15) is 0 Å². The van der Waals surface area contributed by atoms with E-state index in [1.165, 1.54) is 5.56 Å². The first kappa shape index (κ1) is 16.1. The van der Waals surface area contributed by atoms with Crippen molar-refractivity contribution in [1.29, 1.82) is 0 Å². The van der Waals surface area contributed by atoms with Crippen LogP contribution in [-0.2, 0) is 30.2 Å². The molecule has 0 aromatic heterocycles. The van der Waals surface area contributed by atoms with Gasteiger partial charge >= 0.3 is 0 Å². The monoisotopic (exact) mass is 273 g/mol. The maximum absolute atomic E-state index is 8.90. The molecule has 0 unspecified atom stereocenters. The molecule has 0 spiro atoms. The fraction of sp³-hybridized carbons (Fsp3) is 0.286. The van der Waals surface area contributed by atoms with Crippen molar-refractivity contribution in [1.82, 2.24) is 4.90 Å². The molecule has 100 valence electrons. The summed E-state index contributed by atoms with van der Waals surface area (Å²) in [6.45, 7) is 1.05. The van der Waals surface area contributed by atoms with Gasteiger partial charge in [0.2, 0.25) is 0 Å². The van der Waals surface area contributed by atoms with E-state index < -0.39 is 0 Å². The summed E-state index contributed by atoms with van der Waals surface area (Å²) in [5, 5.41) is 8.90. The number of rotatable bonds is 3. The molecule has 0 heterocycles. The molecule has 2 nitrogen and oxygen atoms in total. The van der Waals surface area contributed by atoms with Crippen molar-refractivity contribution in [3.05, 3.63) is 59.7 Å². The van der Waals surface area contributed by atoms with Crippen LogP contribution in [-0.4, -0.2) is 24.1 Å². The van der Waals surface area contributed by atoms with Crippen molar-refractivity contribution in [2.45, 2.75) is 13.2 Å². The third-order valence-electron chi connectivity index (χ3n) is 2.22. The first-order valence-corrected chi connectivity index (χ1v) is 5.39. The Morgan fingerprint density at radius 1 is 1.18 bits per heavy atom. The van der Waals surface area contributed by atoms with Gasteiger partial charge in [-0.2, -0.15) is 6.07 Å². The van der Waals surface area contributed by atoms with E-state index in [0.29, 0.717) is 0 Å². The number of nitrogens with zero attached hydrogens (tertiary/aromatic N) is 1. The second kappa shape index (κ2) is 9.20. The van der Waals surface area contributed by atoms with Crippen LogP contribution in [0, 0.1) is 0 Å². The Hall–Kier alpha value is -0.861. The van der Waals surface area contributed by atoms with Gasteiger partial charge in [0, 0.05) is 23.7 Å². The standard InChI is InChI=1S/C9H14NO.C5H5.Fe/c1-10(2)6-8-4-3-5-9(8)7-11;1-2-4-5-3-1;/h3-5,11H,6-7H2,1-2H3;1-5H;/q-1;-5;. The van der Waals surface area contributed by atoms with E-state index in [1.807, 2.05) is 62.6 Å². The van der Waals surface area contributed by atoms with Crippen molar-refractivity contribution >= 4 is 0 Å². The Kier molecular flexibility index (Phi) is 8.73. The maximum atomic E-state index is 8.90. The first-order valence-electron chi connectivity index (χ1n) is 5.39. The SMILES string of the molecule is CN(C)C[c-]1cccc1CO.[Fe].[cH-]1[cH-][cH-][cH-][cH-]1. The van der Waals surface area contributed by atoms with Crippen molar-refractivity contribution < 1.29 is 22.2 Å². The van der Waals surface area contributed by atoms with E-state index in [-0.39, 0.29) is 23.7 Å². The van der Waals surface area contributed by atoms with Crippen LogP contribution in [0.25, 0.3) is 0 Å². The normalized spacial score (nSPS) is 9.41. The molecule has 0 atom stereocenters. The summed E-state index contributed by atoms with van der Waals surface area (Å²) < 4.78 is 0. The van der Waals surface area contributed by atoms with Gasteiger partial charge in [-0.3, -0.25) is 0 Å². The third-order valence-corrected chi connectivity index (χ3v) is 2.22. The minimum atomic E-state index is 0. The molecule has 2 aromatic carbocycles. The second-order valence-corrected chi connectivity index (χ2v) is 3.93. The van der Waals surface area contributed by atoms with Gasteiger partial charge in [0.1, 0.15) is 0 Å². The smallest absolute Gasteiger partial charge is 0.0455 e. The molecular weight excluding hydrogens is 254 g/mol. The first-order chi connectivity index (χ1) is 7.74. The zero-order valence-corrected chi connectivity index (χ0v) is 11.4. The zero-order chi connectivity index (χ0) is 11.8. The molecular formula is C14H19FeNO-6. The molecule has 2 aromatic rings. The van der Waals surface area contributed by atoms with E-state index in [4.69, 9.17) is 5.11 Å². The van der Waals surface area contributed by atoms with Crippen molar-refractivity contribution in [2.75, 3.05) is 14.1 Å². The Balaban J connectivity index is 0.000000360. The third kappa shape index (κ3) is 6.44. The molecule has 1 N–H and O–H groups in total. The molecule has 0 bridgehead atoms. The van der Waals surface area contributed by atoms with E-state index in [1.54, 1.807) is 0 Å². The number of hydrogen-bond acceptors (Lipinski definition) is 2. The van der Waals surface area contributed by atoms with E-state index in [2.05, 4.69) is 4.90 Å². The van der Waals surface area contributed by atoms with Crippen LogP contribution < -0.4 is 0 Å². The molecule has 0 fully saturated rings. The molecule has 0 radical (unpaired) electrons. The number of aliphatic hydroxyl groups is 1. The maximum Gasteiger partial charge on any atom is 0.0455 e. The molecule has 3 heteroatoms. The van der Waals surface area contributed by atoms with Crippen molar-refractivity contribution in [3.8, 4) is 0 Å². The van der Waals surface area contributed by atoms with Gasteiger partial charge in [0.25, 0.3) is 0 Å². The zero-order valence-electron chi connectivity index (χ0n) is 10.3. The van der Waals surface area contributed by atoms with Crippen molar-refractivity contribution in [3.63, 3.8) is 0 Å². The quantitative estimate of drug-likeness (QED) is 0.685. The van der Waals surface area contributed by atoms with Gasteiger partial charge in [0.05, 0.1) is 0 Å².